The molecule has 0 saturated heterocycles. The van der Waals surface area contributed by atoms with Gasteiger partial charge in [-0.1, -0.05) is 35.1 Å². The van der Waals surface area contributed by atoms with Crippen molar-refractivity contribution in [2.45, 2.75) is 6.42 Å². The van der Waals surface area contributed by atoms with Gasteiger partial charge in [0, 0.05) is 23.6 Å². The first-order valence-corrected chi connectivity index (χ1v) is 10.7. The summed E-state index contributed by atoms with van der Waals surface area (Å²) in [4.78, 5) is 50.1. The highest BCUT2D eigenvalue weighted by Crippen LogP contribution is 2.23. The molecule has 3 aromatic rings. The van der Waals surface area contributed by atoms with Gasteiger partial charge in [-0.05, 0) is 36.4 Å². The summed E-state index contributed by atoms with van der Waals surface area (Å²) in [5, 5.41) is 14.3. The first-order valence-electron chi connectivity index (χ1n) is 9.53. The van der Waals surface area contributed by atoms with Crippen LogP contribution in [-0.2, 0) is 11.2 Å². The van der Waals surface area contributed by atoms with Crippen LogP contribution in [0, 0.1) is 0 Å². The van der Waals surface area contributed by atoms with Gasteiger partial charge in [0.05, 0.1) is 17.7 Å². The van der Waals surface area contributed by atoms with Gasteiger partial charge in [0.25, 0.3) is 17.7 Å². The predicted octanol–water partition coefficient (Wildman–Crippen LogP) is 2.40. The Hall–Kier alpha value is -3.63. The molecule has 0 unspecified atom stereocenters. The van der Waals surface area contributed by atoms with Crippen LogP contribution in [0.3, 0.4) is 0 Å². The van der Waals surface area contributed by atoms with E-state index in [1.807, 2.05) is 0 Å². The molecule has 0 aliphatic carbocycles. The van der Waals surface area contributed by atoms with Crippen LogP contribution >= 0.6 is 22.9 Å². The molecule has 4 rings (SSSR count). The van der Waals surface area contributed by atoms with Gasteiger partial charge in [-0.15, -0.1) is 10.2 Å². The van der Waals surface area contributed by atoms with Gasteiger partial charge in [0.2, 0.25) is 11.0 Å². The van der Waals surface area contributed by atoms with E-state index in [4.69, 9.17) is 11.6 Å². The summed E-state index contributed by atoms with van der Waals surface area (Å²) >= 11 is 6.92. The number of aromatic nitrogens is 2. The lowest BCUT2D eigenvalue weighted by molar-refractivity contribution is -0.115. The molecule has 1 aliphatic rings. The third-order valence-electron chi connectivity index (χ3n) is 4.66. The molecule has 32 heavy (non-hydrogen) atoms. The van der Waals surface area contributed by atoms with Crippen molar-refractivity contribution in [3.63, 3.8) is 0 Å². The number of hydrogen-bond acceptors (Lipinski definition) is 7. The van der Waals surface area contributed by atoms with Gasteiger partial charge in [0.1, 0.15) is 5.01 Å². The molecular weight excluding hydrogens is 454 g/mol. The SMILES string of the molecule is O=C(CNC(=O)c1ccc(Cl)cc1)Nc1nnc(CCN2C(=O)c3ccccc3C2=O)s1. The number of hydrogen-bond donors (Lipinski definition) is 2. The monoisotopic (exact) mass is 469 g/mol. The molecule has 162 valence electrons. The minimum atomic E-state index is -0.463. The number of nitrogens with zero attached hydrogens (tertiary/aromatic N) is 3. The largest absolute Gasteiger partial charge is 0.343 e. The average molecular weight is 470 g/mol. The quantitative estimate of drug-likeness (QED) is 0.512. The van der Waals surface area contributed by atoms with Crippen LogP contribution in [0.4, 0.5) is 5.13 Å². The normalized spacial score (nSPS) is 12.6. The number of imide groups is 1. The Morgan fingerprint density at radius 1 is 0.969 bits per heavy atom. The number of rotatable bonds is 7. The Labute approximate surface area is 191 Å². The number of fused-ring (bicyclic) bond motifs is 1. The highest BCUT2D eigenvalue weighted by molar-refractivity contribution is 7.15. The van der Waals surface area contributed by atoms with E-state index in [1.165, 1.54) is 4.90 Å². The standard InChI is InChI=1S/C21H16ClN5O4S/c22-13-7-5-12(6-8-13)18(29)23-11-16(28)24-21-26-25-17(32-21)9-10-27-19(30)14-3-1-2-4-15(14)20(27)31/h1-8H,9-11H2,(H,23,29)(H,24,26,28). The van der Waals surface area contributed by atoms with Gasteiger partial charge in [0.15, 0.2) is 0 Å². The van der Waals surface area contributed by atoms with Crippen LogP contribution in [0.15, 0.2) is 48.5 Å². The Balaban J connectivity index is 1.26. The van der Waals surface area contributed by atoms with Crippen molar-refractivity contribution in [2.24, 2.45) is 0 Å². The van der Waals surface area contributed by atoms with Crippen molar-refractivity contribution in [2.75, 3.05) is 18.4 Å². The number of carbonyl (C=O) groups is 4. The molecule has 0 saturated carbocycles. The summed E-state index contributed by atoms with van der Waals surface area (Å²) < 4.78 is 0. The molecule has 2 aromatic carbocycles. The summed E-state index contributed by atoms with van der Waals surface area (Å²) in [5.74, 6) is -1.54. The fraction of sp³-hybridized carbons (Fsp3) is 0.143. The fourth-order valence-corrected chi connectivity index (χ4v) is 3.95. The minimum absolute atomic E-state index is 0.159. The zero-order chi connectivity index (χ0) is 22.7. The highest BCUT2D eigenvalue weighted by Gasteiger charge is 2.34. The third kappa shape index (κ3) is 4.66. The van der Waals surface area contributed by atoms with Crippen molar-refractivity contribution in [3.8, 4) is 0 Å². The van der Waals surface area contributed by atoms with E-state index in [9.17, 15) is 19.2 Å². The summed E-state index contributed by atoms with van der Waals surface area (Å²) in [6.45, 7) is -0.0858. The molecule has 0 radical (unpaired) electrons. The molecule has 9 nitrogen and oxygen atoms in total. The Kier molecular flexibility index (Phi) is 6.24. The average Bonchev–Trinajstić information content (AvgIpc) is 3.33. The van der Waals surface area contributed by atoms with Crippen molar-refractivity contribution in [3.05, 3.63) is 75.3 Å². The van der Waals surface area contributed by atoms with E-state index in [0.717, 1.165) is 11.3 Å². The Bertz CT molecular complexity index is 1180. The lowest BCUT2D eigenvalue weighted by Crippen LogP contribution is -2.32. The second kappa shape index (κ2) is 9.25. The second-order valence-corrected chi connectivity index (χ2v) is 8.29. The highest BCUT2D eigenvalue weighted by atomic mass is 35.5. The minimum Gasteiger partial charge on any atom is -0.343 e. The van der Waals surface area contributed by atoms with Crippen LogP contribution in [-0.4, -0.2) is 51.8 Å². The van der Waals surface area contributed by atoms with Gasteiger partial charge in [-0.3, -0.25) is 29.4 Å². The van der Waals surface area contributed by atoms with E-state index in [1.54, 1.807) is 48.5 Å². The maximum absolute atomic E-state index is 12.4. The van der Waals surface area contributed by atoms with Crippen LogP contribution in [0.1, 0.15) is 36.1 Å². The number of halogens is 1. The molecule has 1 aromatic heterocycles. The Morgan fingerprint density at radius 2 is 1.62 bits per heavy atom. The molecule has 1 aliphatic heterocycles. The number of anilines is 1. The van der Waals surface area contributed by atoms with Crippen molar-refractivity contribution in [1.29, 1.82) is 0 Å². The third-order valence-corrected chi connectivity index (χ3v) is 5.81. The maximum Gasteiger partial charge on any atom is 0.261 e. The van der Waals surface area contributed by atoms with Crippen LogP contribution in [0.5, 0.6) is 0 Å². The van der Waals surface area contributed by atoms with Gasteiger partial charge >= 0.3 is 0 Å². The first kappa shape index (κ1) is 21.6. The summed E-state index contributed by atoms with van der Waals surface area (Å²) in [5.41, 5.74) is 1.17. The van der Waals surface area contributed by atoms with E-state index in [-0.39, 0.29) is 30.0 Å². The maximum atomic E-state index is 12.4. The molecule has 0 atom stereocenters. The number of benzene rings is 2. The van der Waals surface area contributed by atoms with Crippen molar-refractivity contribution < 1.29 is 19.2 Å². The molecule has 0 bridgehead atoms. The number of amides is 4. The number of carbonyl (C=O) groups excluding carboxylic acids is 4. The van der Waals surface area contributed by atoms with Gasteiger partial charge in [-0.25, -0.2) is 0 Å². The molecule has 2 N–H and O–H groups in total. The van der Waals surface area contributed by atoms with Gasteiger partial charge < -0.3 is 5.32 Å². The lowest BCUT2D eigenvalue weighted by Gasteiger charge is -2.12. The van der Waals surface area contributed by atoms with Crippen LogP contribution < -0.4 is 10.6 Å². The summed E-state index contributed by atoms with van der Waals surface area (Å²) in [6.07, 6.45) is 0.312. The molecule has 2 heterocycles. The summed E-state index contributed by atoms with van der Waals surface area (Å²) in [7, 11) is 0. The van der Waals surface area contributed by atoms with E-state index >= 15 is 0 Å². The predicted molar refractivity (Wildman–Crippen MR) is 118 cm³/mol. The molecule has 4 amide bonds. The lowest BCUT2D eigenvalue weighted by atomic mass is 10.1. The van der Waals surface area contributed by atoms with Crippen molar-refractivity contribution in [1.82, 2.24) is 20.4 Å². The molecule has 0 fully saturated rings. The summed E-state index contributed by atoms with van der Waals surface area (Å²) in [6, 6.07) is 13.0. The van der Waals surface area contributed by atoms with Crippen LogP contribution in [0.25, 0.3) is 0 Å². The molecule has 0 spiro atoms. The van der Waals surface area contributed by atoms with E-state index in [0.29, 0.717) is 33.1 Å². The Morgan fingerprint density at radius 3 is 2.28 bits per heavy atom. The van der Waals surface area contributed by atoms with Gasteiger partial charge in [-0.2, -0.15) is 0 Å². The second-order valence-electron chi connectivity index (χ2n) is 6.80. The topological polar surface area (TPSA) is 121 Å². The first-order chi connectivity index (χ1) is 15.4. The van der Waals surface area contributed by atoms with E-state index < -0.39 is 11.8 Å². The molecular formula is C21H16ClN5O4S. The zero-order valence-corrected chi connectivity index (χ0v) is 18.1. The smallest absolute Gasteiger partial charge is 0.261 e. The van der Waals surface area contributed by atoms with E-state index in [2.05, 4.69) is 20.8 Å². The fourth-order valence-electron chi connectivity index (χ4n) is 3.08. The van der Waals surface area contributed by atoms with Crippen LogP contribution in [0.2, 0.25) is 5.02 Å². The van der Waals surface area contributed by atoms with Crippen molar-refractivity contribution >= 4 is 51.7 Å². The zero-order valence-electron chi connectivity index (χ0n) is 16.5. The number of nitrogens with one attached hydrogen (secondary N) is 2. The molecule has 11 heteroatoms.